The van der Waals surface area contributed by atoms with E-state index < -0.39 is 0 Å². The Balaban J connectivity index is 1.68. The molecule has 0 fully saturated rings. The van der Waals surface area contributed by atoms with Crippen molar-refractivity contribution in [2.45, 2.75) is 33.4 Å². The molecule has 0 spiro atoms. The molecule has 1 aliphatic heterocycles. The summed E-state index contributed by atoms with van der Waals surface area (Å²) in [6, 6.07) is 5.64. The first-order valence-electron chi connectivity index (χ1n) is 9.18. The van der Waals surface area contributed by atoms with Crippen LogP contribution in [0.25, 0.3) is 11.5 Å². The van der Waals surface area contributed by atoms with Gasteiger partial charge in [0.25, 0.3) is 0 Å². The van der Waals surface area contributed by atoms with E-state index in [1.165, 1.54) is 0 Å². The minimum atomic E-state index is 0.0492. The van der Waals surface area contributed by atoms with Gasteiger partial charge in [0, 0.05) is 31.4 Å². The normalized spacial score (nSPS) is 13.1. The smallest absolute Gasteiger partial charge is 0.219 e. The van der Waals surface area contributed by atoms with Crippen molar-refractivity contribution in [1.82, 2.24) is 29.8 Å². The Labute approximate surface area is 163 Å². The summed E-state index contributed by atoms with van der Waals surface area (Å²) in [5, 5.41) is 3.38. The molecule has 0 aliphatic carbocycles. The van der Waals surface area contributed by atoms with Crippen molar-refractivity contribution in [3.05, 3.63) is 59.4 Å². The second-order valence-electron chi connectivity index (χ2n) is 6.73. The highest BCUT2D eigenvalue weighted by Crippen LogP contribution is 2.27. The van der Waals surface area contributed by atoms with Crippen LogP contribution in [-0.4, -0.2) is 42.3 Å². The van der Waals surface area contributed by atoms with Crippen molar-refractivity contribution < 1.29 is 4.79 Å². The molecule has 0 saturated heterocycles. The minimum absolute atomic E-state index is 0.0492. The predicted octanol–water partition coefficient (Wildman–Crippen LogP) is 2.15. The quantitative estimate of drug-likeness (QED) is 0.746. The fourth-order valence-corrected chi connectivity index (χ4v) is 3.14. The molecule has 0 atom stereocenters. The largest absolute Gasteiger partial charge is 0.364 e. The van der Waals surface area contributed by atoms with E-state index in [2.05, 4.69) is 20.3 Å². The third-order valence-electron chi connectivity index (χ3n) is 4.68. The lowest BCUT2D eigenvalue weighted by atomic mass is 10.0. The second-order valence-corrected chi connectivity index (χ2v) is 6.73. The van der Waals surface area contributed by atoms with Crippen molar-refractivity contribution in [2.24, 2.45) is 0 Å². The van der Waals surface area contributed by atoms with Gasteiger partial charge >= 0.3 is 0 Å². The Hall–Kier alpha value is -3.42. The van der Waals surface area contributed by atoms with Gasteiger partial charge in [-0.3, -0.25) is 19.7 Å². The number of carbonyl (C=O) groups is 1. The molecule has 3 aromatic rings. The lowest BCUT2D eigenvalue weighted by Crippen LogP contribution is -2.35. The summed E-state index contributed by atoms with van der Waals surface area (Å²) in [7, 11) is 0. The van der Waals surface area contributed by atoms with Gasteiger partial charge in [0.05, 0.1) is 36.4 Å². The number of hydrogen-bond donors (Lipinski definition) is 1. The van der Waals surface area contributed by atoms with Gasteiger partial charge < -0.3 is 10.2 Å². The van der Waals surface area contributed by atoms with E-state index in [9.17, 15) is 4.79 Å². The van der Waals surface area contributed by atoms with Crippen LogP contribution < -0.4 is 5.32 Å². The SMILES string of the molecule is CC(=O)N1CCc2c(nc(-c3ccccn3)nc2NCc2cnc(C)cn2)C1. The zero-order chi connectivity index (χ0) is 19.5. The van der Waals surface area contributed by atoms with Crippen molar-refractivity contribution >= 4 is 11.7 Å². The molecule has 0 unspecified atom stereocenters. The average Bonchev–Trinajstić information content (AvgIpc) is 2.73. The Bertz CT molecular complexity index is 989. The van der Waals surface area contributed by atoms with Crippen LogP contribution in [0.5, 0.6) is 0 Å². The van der Waals surface area contributed by atoms with Crippen LogP contribution in [0, 0.1) is 6.92 Å². The van der Waals surface area contributed by atoms with E-state index in [0.29, 0.717) is 37.6 Å². The molecular formula is C20H21N7O. The monoisotopic (exact) mass is 375 g/mol. The maximum absolute atomic E-state index is 11.8. The number of nitrogens with one attached hydrogen (secondary N) is 1. The van der Waals surface area contributed by atoms with Crippen molar-refractivity contribution in [3.8, 4) is 11.5 Å². The Kier molecular flexibility index (Phi) is 4.92. The van der Waals surface area contributed by atoms with Gasteiger partial charge in [-0.05, 0) is 25.5 Å². The second kappa shape index (κ2) is 7.67. The molecule has 4 rings (SSSR count). The van der Waals surface area contributed by atoms with Crippen molar-refractivity contribution in [3.63, 3.8) is 0 Å². The number of fused-ring (bicyclic) bond motifs is 1. The van der Waals surface area contributed by atoms with Crippen molar-refractivity contribution in [2.75, 3.05) is 11.9 Å². The summed E-state index contributed by atoms with van der Waals surface area (Å²) in [6.07, 6.45) is 5.93. The number of anilines is 1. The molecule has 4 heterocycles. The van der Waals surface area contributed by atoms with Gasteiger partial charge in [-0.25, -0.2) is 9.97 Å². The molecule has 1 aliphatic rings. The molecular weight excluding hydrogens is 354 g/mol. The lowest BCUT2D eigenvalue weighted by Gasteiger charge is -2.28. The molecule has 0 aromatic carbocycles. The minimum Gasteiger partial charge on any atom is -0.364 e. The number of aryl methyl sites for hydroxylation is 1. The molecule has 0 radical (unpaired) electrons. The fraction of sp³-hybridized carbons (Fsp3) is 0.300. The first kappa shape index (κ1) is 18.0. The number of nitrogens with zero attached hydrogens (tertiary/aromatic N) is 6. The van der Waals surface area contributed by atoms with Gasteiger partial charge in [-0.1, -0.05) is 6.07 Å². The van der Waals surface area contributed by atoms with E-state index in [1.54, 1.807) is 30.4 Å². The zero-order valence-electron chi connectivity index (χ0n) is 15.9. The summed E-state index contributed by atoms with van der Waals surface area (Å²) < 4.78 is 0. The predicted molar refractivity (Wildman–Crippen MR) is 104 cm³/mol. The molecule has 0 bridgehead atoms. The van der Waals surface area contributed by atoms with Gasteiger partial charge in [-0.2, -0.15) is 0 Å². The van der Waals surface area contributed by atoms with Gasteiger partial charge in [-0.15, -0.1) is 0 Å². The fourth-order valence-electron chi connectivity index (χ4n) is 3.14. The first-order valence-corrected chi connectivity index (χ1v) is 9.18. The number of hydrogen-bond acceptors (Lipinski definition) is 7. The standard InChI is InChI=1S/C20H21N7O/c1-13-9-23-15(10-22-13)11-24-19-16-6-8-27(14(2)28)12-18(16)25-20(26-19)17-5-3-4-7-21-17/h3-5,7,9-10H,6,8,11-12H2,1-2H3,(H,24,25,26). The molecule has 8 nitrogen and oxygen atoms in total. The average molecular weight is 375 g/mol. The van der Waals surface area contributed by atoms with Crippen LogP contribution in [-0.2, 0) is 24.3 Å². The van der Waals surface area contributed by atoms with E-state index in [1.807, 2.05) is 25.1 Å². The van der Waals surface area contributed by atoms with Gasteiger partial charge in [0.1, 0.15) is 11.5 Å². The third kappa shape index (κ3) is 3.80. The van der Waals surface area contributed by atoms with Crippen LogP contribution in [0.4, 0.5) is 5.82 Å². The van der Waals surface area contributed by atoms with Crippen LogP contribution in [0.15, 0.2) is 36.8 Å². The number of carbonyl (C=O) groups excluding carboxylic acids is 1. The zero-order valence-corrected chi connectivity index (χ0v) is 15.9. The van der Waals surface area contributed by atoms with Crippen LogP contribution in [0.3, 0.4) is 0 Å². The van der Waals surface area contributed by atoms with Gasteiger partial charge in [0.15, 0.2) is 5.82 Å². The number of pyridine rings is 1. The molecule has 3 aromatic heterocycles. The van der Waals surface area contributed by atoms with Crippen molar-refractivity contribution in [1.29, 1.82) is 0 Å². The summed E-state index contributed by atoms with van der Waals surface area (Å²) in [6.45, 7) is 5.14. The summed E-state index contributed by atoms with van der Waals surface area (Å²) in [5.74, 6) is 1.35. The molecule has 0 saturated carbocycles. The maximum Gasteiger partial charge on any atom is 0.219 e. The molecule has 28 heavy (non-hydrogen) atoms. The summed E-state index contributed by atoms with van der Waals surface area (Å²) in [5.41, 5.74) is 4.30. The Morgan fingerprint density at radius 2 is 2.07 bits per heavy atom. The van der Waals surface area contributed by atoms with Crippen LogP contribution in [0.2, 0.25) is 0 Å². The highest BCUT2D eigenvalue weighted by Gasteiger charge is 2.24. The highest BCUT2D eigenvalue weighted by atomic mass is 16.2. The summed E-state index contributed by atoms with van der Waals surface area (Å²) in [4.78, 5) is 36.1. The lowest BCUT2D eigenvalue weighted by molar-refractivity contribution is -0.129. The number of aromatic nitrogens is 5. The van der Waals surface area contributed by atoms with E-state index in [-0.39, 0.29) is 5.91 Å². The Morgan fingerprint density at radius 1 is 1.18 bits per heavy atom. The van der Waals surface area contributed by atoms with Crippen LogP contribution >= 0.6 is 0 Å². The van der Waals surface area contributed by atoms with Crippen LogP contribution in [0.1, 0.15) is 29.6 Å². The summed E-state index contributed by atoms with van der Waals surface area (Å²) >= 11 is 0. The van der Waals surface area contributed by atoms with E-state index in [4.69, 9.17) is 9.97 Å². The third-order valence-corrected chi connectivity index (χ3v) is 4.68. The highest BCUT2D eigenvalue weighted by molar-refractivity contribution is 5.74. The number of amides is 1. The van der Waals surface area contributed by atoms with Gasteiger partial charge in [0.2, 0.25) is 5.91 Å². The molecule has 142 valence electrons. The molecule has 1 N–H and O–H groups in total. The van der Waals surface area contributed by atoms with E-state index in [0.717, 1.165) is 28.5 Å². The Morgan fingerprint density at radius 3 is 2.79 bits per heavy atom. The van der Waals surface area contributed by atoms with E-state index >= 15 is 0 Å². The number of rotatable bonds is 4. The maximum atomic E-state index is 11.8. The first-order chi connectivity index (χ1) is 13.6. The molecule has 1 amide bonds. The molecule has 8 heteroatoms. The topological polar surface area (TPSA) is 96.8 Å².